The lowest BCUT2D eigenvalue weighted by molar-refractivity contribution is -0.118. The Bertz CT molecular complexity index is 1080. The first-order valence-corrected chi connectivity index (χ1v) is 9.47. The molecule has 8 nitrogen and oxygen atoms in total. The van der Waals surface area contributed by atoms with Gasteiger partial charge < -0.3 is 14.8 Å². The van der Waals surface area contributed by atoms with Crippen LogP contribution in [0, 0.1) is 6.92 Å². The lowest BCUT2D eigenvalue weighted by atomic mass is 10.2. The van der Waals surface area contributed by atoms with Gasteiger partial charge in [-0.3, -0.25) is 14.6 Å². The highest BCUT2D eigenvalue weighted by atomic mass is 16.5. The number of ether oxygens (including phenoxy) is 2. The van der Waals surface area contributed by atoms with Crippen LogP contribution >= 0.6 is 0 Å². The van der Waals surface area contributed by atoms with E-state index in [0.717, 1.165) is 11.3 Å². The van der Waals surface area contributed by atoms with Gasteiger partial charge in [0, 0.05) is 11.9 Å². The van der Waals surface area contributed by atoms with Gasteiger partial charge in [0.1, 0.15) is 5.69 Å². The second kappa shape index (κ2) is 10.5. The van der Waals surface area contributed by atoms with E-state index >= 15 is 0 Å². The maximum absolute atomic E-state index is 12.2. The summed E-state index contributed by atoms with van der Waals surface area (Å²) in [6.07, 6.45) is 3.00. The topological polar surface area (TPSA) is 102 Å². The fourth-order valence-electron chi connectivity index (χ4n) is 2.65. The molecule has 0 bridgehead atoms. The van der Waals surface area contributed by atoms with E-state index in [0.29, 0.717) is 17.1 Å². The van der Waals surface area contributed by atoms with Crippen LogP contribution in [0.15, 0.2) is 72.0 Å². The molecule has 1 heterocycles. The van der Waals surface area contributed by atoms with Crippen molar-refractivity contribution in [3.8, 4) is 11.5 Å². The lowest BCUT2D eigenvalue weighted by Gasteiger charge is -2.12. The molecule has 2 N–H and O–H groups in total. The number of rotatable bonds is 8. The highest BCUT2D eigenvalue weighted by molar-refractivity contribution is 5.93. The van der Waals surface area contributed by atoms with Crippen LogP contribution in [0.1, 0.15) is 21.6 Å². The maximum Gasteiger partial charge on any atom is 0.289 e. The zero-order valence-electron chi connectivity index (χ0n) is 17.2. The van der Waals surface area contributed by atoms with Crippen LogP contribution in [0.25, 0.3) is 0 Å². The van der Waals surface area contributed by atoms with E-state index in [9.17, 15) is 9.59 Å². The van der Waals surface area contributed by atoms with Crippen LogP contribution < -0.4 is 20.2 Å². The van der Waals surface area contributed by atoms with Crippen LogP contribution in [0.5, 0.6) is 11.5 Å². The van der Waals surface area contributed by atoms with Gasteiger partial charge in [-0.25, -0.2) is 5.43 Å². The summed E-state index contributed by atoms with van der Waals surface area (Å²) in [5, 5.41) is 6.74. The first-order valence-electron chi connectivity index (χ1n) is 9.47. The van der Waals surface area contributed by atoms with Gasteiger partial charge in [0.25, 0.3) is 11.8 Å². The molecule has 0 saturated carbocycles. The molecule has 31 heavy (non-hydrogen) atoms. The SMILES string of the molecule is COc1cc(C=NNC(=O)c2ccccn2)ccc1OCC(=O)Nc1ccccc1C. The molecule has 0 aliphatic heterocycles. The Hall–Kier alpha value is -4.20. The minimum absolute atomic E-state index is 0.168. The molecule has 0 unspecified atom stereocenters. The Morgan fingerprint density at radius 3 is 2.61 bits per heavy atom. The summed E-state index contributed by atoms with van der Waals surface area (Å²) >= 11 is 0. The lowest BCUT2D eigenvalue weighted by Crippen LogP contribution is -2.20. The van der Waals surface area contributed by atoms with Gasteiger partial charge in [-0.1, -0.05) is 24.3 Å². The smallest absolute Gasteiger partial charge is 0.289 e. The van der Waals surface area contributed by atoms with Crippen LogP contribution in [0.2, 0.25) is 0 Å². The molecule has 2 aromatic carbocycles. The second-order valence-corrected chi connectivity index (χ2v) is 6.48. The molecule has 0 aliphatic rings. The average molecular weight is 418 g/mol. The standard InChI is InChI=1S/C23H22N4O4/c1-16-7-3-4-8-18(16)26-22(28)15-31-20-11-10-17(13-21(20)30-2)14-25-27-23(29)19-9-5-6-12-24-19/h3-14H,15H2,1-2H3,(H,26,28)(H,27,29). The minimum Gasteiger partial charge on any atom is -0.493 e. The summed E-state index contributed by atoms with van der Waals surface area (Å²) in [6, 6.07) is 17.6. The van der Waals surface area contributed by atoms with E-state index in [4.69, 9.17) is 9.47 Å². The van der Waals surface area contributed by atoms with E-state index in [2.05, 4.69) is 20.8 Å². The van der Waals surface area contributed by atoms with Crippen LogP contribution in [0.4, 0.5) is 5.69 Å². The molecule has 3 aromatic rings. The number of benzene rings is 2. The van der Waals surface area contributed by atoms with Crippen molar-refractivity contribution in [1.29, 1.82) is 0 Å². The van der Waals surface area contributed by atoms with E-state index in [1.165, 1.54) is 19.5 Å². The molecule has 0 fully saturated rings. The third-order valence-electron chi connectivity index (χ3n) is 4.24. The number of hydrogen-bond acceptors (Lipinski definition) is 6. The third-order valence-corrected chi connectivity index (χ3v) is 4.24. The van der Waals surface area contributed by atoms with Gasteiger partial charge >= 0.3 is 0 Å². The number of pyridine rings is 1. The number of hydrazone groups is 1. The number of anilines is 1. The number of methoxy groups -OCH3 is 1. The van der Waals surface area contributed by atoms with Gasteiger partial charge in [-0.2, -0.15) is 5.10 Å². The second-order valence-electron chi connectivity index (χ2n) is 6.48. The van der Waals surface area contributed by atoms with Gasteiger partial charge in [-0.15, -0.1) is 0 Å². The summed E-state index contributed by atoms with van der Waals surface area (Å²) < 4.78 is 10.9. The Morgan fingerprint density at radius 2 is 1.87 bits per heavy atom. The van der Waals surface area contributed by atoms with Crippen LogP contribution in [-0.2, 0) is 4.79 Å². The summed E-state index contributed by atoms with van der Waals surface area (Å²) in [4.78, 5) is 28.1. The Morgan fingerprint density at radius 1 is 1.06 bits per heavy atom. The number of carbonyl (C=O) groups is 2. The number of nitrogens with one attached hydrogen (secondary N) is 2. The molecule has 0 spiro atoms. The normalized spacial score (nSPS) is 10.5. The number of aromatic nitrogens is 1. The minimum atomic E-state index is -0.413. The number of carbonyl (C=O) groups excluding carboxylic acids is 2. The molecular formula is C23H22N4O4. The monoisotopic (exact) mass is 418 g/mol. The number of aryl methyl sites for hydroxylation is 1. The highest BCUT2D eigenvalue weighted by Gasteiger charge is 2.10. The van der Waals surface area contributed by atoms with Crippen molar-refractivity contribution in [3.63, 3.8) is 0 Å². The van der Waals surface area contributed by atoms with Crippen LogP contribution in [-0.4, -0.2) is 36.7 Å². The van der Waals surface area contributed by atoms with Gasteiger partial charge in [0.05, 0.1) is 13.3 Å². The van der Waals surface area contributed by atoms with Crippen molar-refractivity contribution in [3.05, 3.63) is 83.7 Å². The fraction of sp³-hybridized carbons (Fsp3) is 0.130. The molecule has 8 heteroatoms. The molecule has 0 aliphatic carbocycles. The van der Waals surface area contributed by atoms with Crippen molar-refractivity contribution in [1.82, 2.24) is 10.4 Å². The predicted molar refractivity (Wildman–Crippen MR) is 118 cm³/mol. The van der Waals surface area contributed by atoms with Gasteiger partial charge in [0.2, 0.25) is 0 Å². The maximum atomic E-state index is 12.2. The Kier molecular flexibility index (Phi) is 7.31. The molecular weight excluding hydrogens is 396 g/mol. The van der Waals surface area contributed by atoms with Crippen LogP contribution in [0.3, 0.4) is 0 Å². The number of nitrogens with zero attached hydrogens (tertiary/aromatic N) is 2. The molecule has 0 saturated heterocycles. The molecule has 158 valence electrons. The summed E-state index contributed by atoms with van der Waals surface area (Å²) in [5.41, 5.74) is 5.06. The molecule has 0 radical (unpaired) electrons. The summed E-state index contributed by atoms with van der Waals surface area (Å²) in [7, 11) is 1.50. The van der Waals surface area contributed by atoms with E-state index in [1.54, 1.807) is 36.4 Å². The summed E-state index contributed by atoms with van der Waals surface area (Å²) in [6.45, 7) is 1.75. The molecule has 2 amide bonds. The number of amides is 2. The number of hydrogen-bond donors (Lipinski definition) is 2. The Labute approximate surface area is 179 Å². The van der Waals surface area contributed by atoms with Gasteiger partial charge in [-0.05, 0) is 54.4 Å². The zero-order valence-corrected chi connectivity index (χ0v) is 17.2. The molecule has 3 rings (SSSR count). The first kappa shape index (κ1) is 21.5. The largest absolute Gasteiger partial charge is 0.493 e. The fourth-order valence-corrected chi connectivity index (χ4v) is 2.65. The summed E-state index contributed by atoms with van der Waals surface area (Å²) in [5.74, 6) is 0.156. The van der Waals surface area contributed by atoms with Crippen molar-refractivity contribution < 1.29 is 19.1 Å². The van der Waals surface area contributed by atoms with E-state index in [-0.39, 0.29) is 18.2 Å². The quantitative estimate of drug-likeness (QED) is 0.432. The molecule has 0 atom stereocenters. The average Bonchev–Trinajstić information content (AvgIpc) is 2.80. The van der Waals surface area contributed by atoms with Gasteiger partial charge in [0.15, 0.2) is 18.1 Å². The Balaban J connectivity index is 1.57. The van der Waals surface area contributed by atoms with Crippen molar-refractivity contribution in [2.45, 2.75) is 6.92 Å². The van der Waals surface area contributed by atoms with Crippen molar-refractivity contribution >= 4 is 23.7 Å². The number of para-hydroxylation sites is 1. The zero-order chi connectivity index (χ0) is 22.1. The third kappa shape index (κ3) is 6.14. The van der Waals surface area contributed by atoms with Crippen molar-refractivity contribution in [2.24, 2.45) is 5.10 Å². The molecule has 1 aromatic heterocycles. The van der Waals surface area contributed by atoms with E-state index < -0.39 is 5.91 Å². The highest BCUT2D eigenvalue weighted by Crippen LogP contribution is 2.27. The predicted octanol–water partition coefficient (Wildman–Crippen LogP) is 3.18. The van der Waals surface area contributed by atoms with E-state index in [1.807, 2.05) is 31.2 Å². The van der Waals surface area contributed by atoms with Crippen molar-refractivity contribution in [2.75, 3.05) is 19.0 Å². The first-order chi connectivity index (χ1) is 15.1.